The van der Waals surface area contributed by atoms with Crippen LogP contribution in [0.15, 0.2) is 24.3 Å². The van der Waals surface area contributed by atoms with Crippen LogP contribution in [0.3, 0.4) is 0 Å². The highest BCUT2D eigenvalue weighted by Gasteiger charge is 2.28. The molecule has 1 aliphatic rings. The van der Waals surface area contributed by atoms with Gasteiger partial charge in [0, 0.05) is 11.6 Å². The zero-order valence-electron chi connectivity index (χ0n) is 11.3. The molecule has 0 aromatic heterocycles. The molecule has 0 saturated carbocycles. The van der Waals surface area contributed by atoms with Crippen molar-refractivity contribution < 1.29 is 24.2 Å². The number of carbonyl (C=O) groups is 3. The van der Waals surface area contributed by atoms with Gasteiger partial charge in [-0.3, -0.25) is 9.69 Å². The first kappa shape index (κ1) is 14.6. The van der Waals surface area contributed by atoms with Gasteiger partial charge >= 0.3 is 12.0 Å². The van der Waals surface area contributed by atoms with Gasteiger partial charge in [0.25, 0.3) is 0 Å². The zero-order chi connectivity index (χ0) is 15.4. The summed E-state index contributed by atoms with van der Waals surface area (Å²) in [5.74, 6) is -0.858. The summed E-state index contributed by atoms with van der Waals surface area (Å²) in [6, 6.07) is 4.63. The lowest BCUT2D eigenvalue weighted by Gasteiger charge is -2.14. The first-order valence-corrected chi connectivity index (χ1v) is 6.17. The Hall–Kier alpha value is -2.83. The van der Waals surface area contributed by atoms with Crippen LogP contribution in [-0.4, -0.2) is 41.6 Å². The fourth-order valence-electron chi connectivity index (χ4n) is 1.97. The van der Waals surface area contributed by atoms with Crippen LogP contribution in [0.1, 0.15) is 11.1 Å². The number of urea groups is 1. The predicted octanol–water partition coefficient (Wildman–Crippen LogP) is 0.845. The molecule has 110 valence electrons. The van der Waals surface area contributed by atoms with Gasteiger partial charge < -0.3 is 15.2 Å². The van der Waals surface area contributed by atoms with E-state index in [-0.39, 0.29) is 19.0 Å². The molecular formula is C14H14N2O5. The number of ether oxygens (including phenoxy) is 1. The second-order valence-corrected chi connectivity index (χ2v) is 4.39. The van der Waals surface area contributed by atoms with E-state index in [0.29, 0.717) is 16.9 Å². The third-order valence-electron chi connectivity index (χ3n) is 2.98. The third kappa shape index (κ3) is 3.38. The number of aliphatic carboxylic acids is 1. The summed E-state index contributed by atoms with van der Waals surface area (Å²) < 4.78 is 5.14. The molecule has 0 atom stereocenters. The largest absolute Gasteiger partial charge is 0.496 e. The standard InChI is InChI=1S/C14H14N2O5/c1-21-11-4-2-9(6-10(11)3-5-13(18)19)8-16-12(17)7-15-14(16)20/h2-6H,7-8H2,1H3,(H,15,20)(H,18,19). The number of imide groups is 1. The average molecular weight is 290 g/mol. The molecule has 0 unspecified atom stereocenters. The highest BCUT2D eigenvalue weighted by Crippen LogP contribution is 2.22. The molecule has 7 heteroatoms. The molecule has 0 aliphatic carbocycles. The maximum Gasteiger partial charge on any atom is 0.328 e. The van der Waals surface area contributed by atoms with Crippen LogP contribution in [0.2, 0.25) is 0 Å². The van der Waals surface area contributed by atoms with Crippen molar-refractivity contribution in [2.75, 3.05) is 13.7 Å². The van der Waals surface area contributed by atoms with Crippen molar-refractivity contribution in [1.82, 2.24) is 10.2 Å². The van der Waals surface area contributed by atoms with E-state index in [9.17, 15) is 14.4 Å². The quantitative estimate of drug-likeness (QED) is 0.619. The SMILES string of the molecule is COc1ccc(CN2C(=O)CNC2=O)cc1C=CC(=O)O. The Morgan fingerprint density at radius 3 is 2.81 bits per heavy atom. The molecule has 1 aliphatic heterocycles. The summed E-state index contributed by atoms with van der Waals surface area (Å²) >= 11 is 0. The van der Waals surface area contributed by atoms with Crippen LogP contribution in [-0.2, 0) is 16.1 Å². The minimum absolute atomic E-state index is 0.000756. The molecule has 0 spiro atoms. The van der Waals surface area contributed by atoms with Gasteiger partial charge in [-0.1, -0.05) is 6.07 Å². The van der Waals surface area contributed by atoms with Crippen molar-refractivity contribution in [3.63, 3.8) is 0 Å². The normalized spacial score (nSPS) is 14.6. The topological polar surface area (TPSA) is 95.9 Å². The molecule has 2 N–H and O–H groups in total. The van der Waals surface area contributed by atoms with Gasteiger partial charge in [0.2, 0.25) is 5.91 Å². The van der Waals surface area contributed by atoms with E-state index < -0.39 is 12.0 Å². The number of nitrogens with zero attached hydrogens (tertiary/aromatic N) is 1. The van der Waals surface area contributed by atoms with Crippen molar-refractivity contribution in [2.45, 2.75) is 6.54 Å². The number of amides is 3. The summed E-state index contributed by atoms with van der Waals surface area (Å²) in [4.78, 5) is 34.7. The smallest absolute Gasteiger partial charge is 0.328 e. The number of carboxylic acids is 1. The number of nitrogens with one attached hydrogen (secondary N) is 1. The van der Waals surface area contributed by atoms with Crippen molar-refractivity contribution in [3.8, 4) is 5.75 Å². The summed E-state index contributed by atoms with van der Waals surface area (Å²) in [6.45, 7) is 0.128. The molecule has 1 aromatic rings. The Labute approximate surface area is 120 Å². The maximum atomic E-state index is 11.5. The molecule has 0 radical (unpaired) electrons. The monoisotopic (exact) mass is 290 g/mol. The minimum Gasteiger partial charge on any atom is -0.496 e. The van der Waals surface area contributed by atoms with Crippen LogP contribution in [0, 0.1) is 0 Å². The molecule has 21 heavy (non-hydrogen) atoms. The van der Waals surface area contributed by atoms with Gasteiger partial charge in [-0.25, -0.2) is 9.59 Å². The Bertz CT molecular complexity index is 608. The number of carboxylic acid groups (broad SMARTS) is 1. The first-order valence-electron chi connectivity index (χ1n) is 6.17. The molecule has 7 nitrogen and oxygen atoms in total. The Morgan fingerprint density at radius 1 is 1.48 bits per heavy atom. The number of rotatable bonds is 5. The minimum atomic E-state index is -1.07. The van der Waals surface area contributed by atoms with E-state index >= 15 is 0 Å². The van der Waals surface area contributed by atoms with Crippen LogP contribution < -0.4 is 10.1 Å². The van der Waals surface area contributed by atoms with Gasteiger partial charge in [-0.15, -0.1) is 0 Å². The molecule has 3 amide bonds. The van der Waals surface area contributed by atoms with E-state index in [1.807, 2.05) is 0 Å². The Balaban J connectivity index is 2.25. The second-order valence-electron chi connectivity index (χ2n) is 4.39. The molecule has 1 fully saturated rings. The summed E-state index contributed by atoms with van der Waals surface area (Å²) in [5.41, 5.74) is 1.26. The highest BCUT2D eigenvalue weighted by molar-refractivity contribution is 6.01. The van der Waals surface area contributed by atoms with Gasteiger partial charge in [-0.05, 0) is 23.8 Å². The lowest BCUT2D eigenvalue weighted by Crippen LogP contribution is -2.30. The molecular weight excluding hydrogens is 276 g/mol. The van der Waals surface area contributed by atoms with Crippen molar-refractivity contribution in [3.05, 3.63) is 35.4 Å². The summed E-state index contributed by atoms with van der Waals surface area (Å²) in [5, 5.41) is 11.1. The first-order chi connectivity index (χ1) is 10.0. The lowest BCUT2D eigenvalue weighted by atomic mass is 10.1. The molecule has 1 aromatic carbocycles. The van der Waals surface area contributed by atoms with E-state index in [0.717, 1.165) is 11.0 Å². The van der Waals surface area contributed by atoms with E-state index in [1.165, 1.54) is 13.2 Å². The second kappa shape index (κ2) is 6.08. The molecule has 1 heterocycles. The maximum absolute atomic E-state index is 11.5. The summed E-state index contributed by atoms with van der Waals surface area (Å²) in [7, 11) is 1.48. The van der Waals surface area contributed by atoms with Gasteiger partial charge in [0.1, 0.15) is 5.75 Å². The van der Waals surface area contributed by atoms with E-state index in [4.69, 9.17) is 9.84 Å². The van der Waals surface area contributed by atoms with Crippen LogP contribution in [0.4, 0.5) is 4.79 Å². The Morgan fingerprint density at radius 2 is 2.24 bits per heavy atom. The van der Waals surface area contributed by atoms with Crippen molar-refractivity contribution in [2.24, 2.45) is 0 Å². The Kier molecular flexibility index (Phi) is 4.22. The van der Waals surface area contributed by atoms with E-state index in [2.05, 4.69) is 5.32 Å². The van der Waals surface area contributed by atoms with Crippen LogP contribution in [0.25, 0.3) is 6.08 Å². The average Bonchev–Trinajstić information content (AvgIpc) is 2.77. The van der Waals surface area contributed by atoms with E-state index in [1.54, 1.807) is 18.2 Å². The van der Waals surface area contributed by atoms with Gasteiger partial charge in [0.15, 0.2) is 0 Å². The fraction of sp³-hybridized carbons (Fsp3) is 0.214. The van der Waals surface area contributed by atoms with Crippen LogP contribution in [0.5, 0.6) is 5.75 Å². The zero-order valence-corrected chi connectivity index (χ0v) is 11.3. The number of hydrogen-bond donors (Lipinski definition) is 2. The van der Waals surface area contributed by atoms with Gasteiger partial charge in [-0.2, -0.15) is 0 Å². The van der Waals surface area contributed by atoms with Crippen molar-refractivity contribution in [1.29, 1.82) is 0 Å². The predicted molar refractivity (Wildman–Crippen MR) is 73.6 cm³/mol. The highest BCUT2D eigenvalue weighted by atomic mass is 16.5. The lowest BCUT2D eigenvalue weighted by molar-refractivity contribution is -0.131. The van der Waals surface area contributed by atoms with Crippen molar-refractivity contribution >= 4 is 24.0 Å². The molecule has 0 bridgehead atoms. The third-order valence-corrected chi connectivity index (χ3v) is 2.98. The summed E-state index contributed by atoms with van der Waals surface area (Å²) in [6.07, 6.45) is 2.39. The number of hydrogen-bond acceptors (Lipinski definition) is 4. The number of carbonyl (C=O) groups excluding carboxylic acids is 2. The molecule has 2 rings (SSSR count). The van der Waals surface area contributed by atoms with Gasteiger partial charge in [0.05, 0.1) is 20.2 Å². The number of methoxy groups -OCH3 is 1. The fourth-order valence-corrected chi connectivity index (χ4v) is 1.97. The number of benzene rings is 1. The van der Waals surface area contributed by atoms with Crippen LogP contribution >= 0.6 is 0 Å². The molecule has 1 saturated heterocycles.